The Labute approximate surface area is 55.8 Å². The summed E-state index contributed by atoms with van der Waals surface area (Å²) in [7, 11) is 0. The number of rotatable bonds is 0. The van der Waals surface area contributed by atoms with Crippen LogP contribution in [-0.4, -0.2) is 20.6 Å². The number of nitrogens with one attached hydrogen (secondary N) is 2. The van der Waals surface area contributed by atoms with Gasteiger partial charge in [0, 0.05) is 5.34 Å². The molecule has 0 radical (unpaired) electrons. The summed E-state index contributed by atoms with van der Waals surface area (Å²) in [6, 6.07) is 0. The summed E-state index contributed by atoms with van der Waals surface area (Å²) < 4.78 is 0. The van der Waals surface area contributed by atoms with Crippen LogP contribution in [-0.2, 0) is 0 Å². The average Bonchev–Trinajstić information content (AvgIpc) is 2.17. The molecule has 52 valence electrons. The lowest BCUT2D eigenvalue weighted by molar-refractivity contribution is -0.398. The van der Waals surface area contributed by atoms with Crippen LogP contribution in [0.4, 0.5) is 0 Å². The summed E-state index contributed by atoms with van der Waals surface area (Å²) in [5, 5.41) is 20.5. The molecule has 1 aromatic rings. The summed E-state index contributed by atoms with van der Waals surface area (Å²) in [6.07, 6.45) is 1.33. The molecule has 0 amide bonds. The van der Waals surface area contributed by atoms with E-state index in [1.807, 2.05) is 0 Å². The van der Waals surface area contributed by atoms with Crippen molar-refractivity contribution in [2.45, 2.75) is 0 Å². The van der Waals surface area contributed by atoms with Crippen LogP contribution in [0.1, 0.15) is 0 Å². The van der Waals surface area contributed by atoms with E-state index < -0.39 is 0 Å². The molecule has 9 heavy (non-hydrogen) atoms. The standard InChI is InChI=1S/CH2N4.ClH.HNO2/c1-2-4-5-3-1;;2-1-3/h1H,(H,2,3,4,5);1H;1H/p-1. The molecular weight excluding hydrogens is 149 g/mol. The third-order valence-electron chi connectivity index (χ3n) is 0.270. The molecule has 0 atom stereocenters. The van der Waals surface area contributed by atoms with E-state index in [9.17, 15) is 0 Å². The molecule has 0 bridgehead atoms. The fourth-order valence-corrected chi connectivity index (χ4v) is 0.129. The largest absolute Gasteiger partial charge is 1.00 e. The molecule has 0 spiro atoms. The molecule has 0 unspecified atom stereocenters. The number of nitrogens with zero attached hydrogens (tertiary/aromatic N) is 3. The van der Waals surface area contributed by atoms with E-state index in [0.29, 0.717) is 0 Å². The highest BCUT2D eigenvalue weighted by atomic mass is 35.5. The molecule has 2 N–H and O–H groups in total. The molecule has 1 aromatic heterocycles. The third kappa shape index (κ3) is 10.8. The van der Waals surface area contributed by atoms with E-state index in [0.717, 1.165) is 0 Å². The molecule has 0 aliphatic carbocycles. The minimum atomic E-state index is 0. The Morgan fingerprint density at radius 3 is 2.33 bits per heavy atom. The molecule has 7 nitrogen and oxygen atoms in total. The third-order valence-corrected chi connectivity index (χ3v) is 0.270. The summed E-state index contributed by atoms with van der Waals surface area (Å²) in [5.74, 6) is 0. The van der Waals surface area contributed by atoms with Crippen molar-refractivity contribution in [1.29, 1.82) is 0 Å². The number of H-pyrrole nitrogens is 1. The van der Waals surface area contributed by atoms with Crippen molar-refractivity contribution in [3.8, 4) is 0 Å². The van der Waals surface area contributed by atoms with E-state index in [2.05, 4.69) is 20.6 Å². The smallest absolute Gasteiger partial charge is 0.161 e. The quantitative estimate of drug-likeness (QED) is 0.285. The Hall–Kier alpha value is -1.24. The van der Waals surface area contributed by atoms with Crippen LogP contribution < -0.4 is 17.7 Å². The van der Waals surface area contributed by atoms with Crippen LogP contribution in [0.25, 0.3) is 0 Å². The van der Waals surface area contributed by atoms with Gasteiger partial charge in [-0.3, -0.25) is 10.1 Å². The summed E-state index contributed by atoms with van der Waals surface area (Å²) in [5.41, 5.74) is 0. The minimum absolute atomic E-state index is 0. The maximum absolute atomic E-state index is 8.12. The number of hydrogen-bond donors (Lipinski definition) is 2. The van der Waals surface area contributed by atoms with Crippen LogP contribution in [0, 0.1) is 10.1 Å². The van der Waals surface area contributed by atoms with E-state index >= 15 is 0 Å². The summed E-state index contributed by atoms with van der Waals surface area (Å²) in [6.45, 7) is 0. The second-order valence-electron chi connectivity index (χ2n) is 0.643. The van der Waals surface area contributed by atoms with E-state index in [1.54, 1.807) is 0 Å². The fourth-order valence-electron chi connectivity index (χ4n) is 0.129. The van der Waals surface area contributed by atoms with Gasteiger partial charge in [0.25, 0.3) is 0 Å². The van der Waals surface area contributed by atoms with Crippen molar-refractivity contribution in [1.82, 2.24) is 20.6 Å². The summed E-state index contributed by atoms with van der Waals surface area (Å²) in [4.78, 5) is 8.12. The van der Waals surface area contributed by atoms with Gasteiger partial charge in [0.1, 0.15) is 0 Å². The van der Waals surface area contributed by atoms with Crippen molar-refractivity contribution in [2.24, 2.45) is 0 Å². The highest BCUT2D eigenvalue weighted by molar-refractivity contribution is 4.24. The average molecular weight is 153 g/mol. The normalized spacial score (nSPS) is 5.78. The Bertz CT molecular complexity index is 101. The Balaban J connectivity index is 0. The molecule has 0 saturated carbocycles. The van der Waals surface area contributed by atoms with Gasteiger partial charge < -0.3 is 12.4 Å². The SMILES string of the molecule is O=[NH+][O-].[Cl-].c1nn[nH]n1. The van der Waals surface area contributed by atoms with Gasteiger partial charge >= 0.3 is 0 Å². The van der Waals surface area contributed by atoms with E-state index in [1.165, 1.54) is 6.33 Å². The second kappa shape index (κ2) is 9.90. The first-order valence-electron chi connectivity index (χ1n) is 1.57. The monoisotopic (exact) mass is 152 g/mol. The van der Waals surface area contributed by atoms with Gasteiger partial charge in [-0.2, -0.15) is 5.21 Å². The maximum Gasteiger partial charge on any atom is 0.161 e. The van der Waals surface area contributed by atoms with Crippen molar-refractivity contribution in [3.05, 3.63) is 16.4 Å². The van der Waals surface area contributed by atoms with Gasteiger partial charge in [-0.15, -0.1) is 10.2 Å². The molecule has 0 fully saturated rings. The van der Waals surface area contributed by atoms with Gasteiger partial charge in [0.2, 0.25) is 0 Å². The molecule has 1 rings (SSSR count). The van der Waals surface area contributed by atoms with Crippen molar-refractivity contribution >= 4 is 0 Å². The number of aromatic nitrogens is 4. The van der Waals surface area contributed by atoms with E-state index in [-0.39, 0.29) is 17.7 Å². The molecule has 0 aliphatic rings. The van der Waals surface area contributed by atoms with Crippen molar-refractivity contribution < 1.29 is 17.7 Å². The number of hydrogen-bond acceptors (Lipinski definition) is 5. The fraction of sp³-hybridized carbons (Fsp3) is 0. The molecule has 0 aromatic carbocycles. The van der Waals surface area contributed by atoms with Gasteiger partial charge in [-0.1, -0.05) is 5.21 Å². The van der Waals surface area contributed by atoms with Crippen LogP contribution in [0.3, 0.4) is 0 Å². The van der Waals surface area contributed by atoms with Gasteiger partial charge in [0.15, 0.2) is 6.33 Å². The zero-order valence-electron chi connectivity index (χ0n) is 4.11. The lowest BCUT2D eigenvalue weighted by atomic mass is 11.4. The maximum atomic E-state index is 8.12. The van der Waals surface area contributed by atoms with Crippen LogP contribution in [0.2, 0.25) is 0 Å². The van der Waals surface area contributed by atoms with Gasteiger partial charge in [-0.25, -0.2) is 0 Å². The van der Waals surface area contributed by atoms with Crippen LogP contribution >= 0.6 is 0 Å². The first-order chi connectivity index (χ1) is 3.91. The lowest BCUT2D eigenvalue weighted by Gasteiger charge is -1.44. The van der Waals surface area contributed by atoms with Crippen LogP contribution in [0.5, 0.6) is 0 Å². The molecule has 0 saturated heterocycles. The number of tetrazole rings is 1. The Morgan fingerprint density at radius 1 is 1.67 bits per heavy atom. The van der Waals surface area contributed by atoms with Gasteiger partial charge in [0.05, 0.1) is 0 Å². The first kappa shape index (κ1) is 10.7. The summed E-state index contributed by atoms with van der Waals surface area (Å²) >= 11 is 0. The van der Waals surface area contributed by atoms with Crippen molar-refractivity contribution in [3.63, 3.8) is 0 Å². The Kier molecular flexibility index (Phi) is 11.8. The van der Waals surface area contributed by atoms with E-state index in [4.69, 9.17) is 10.1 Å². The minimum Gasteiger partial charge on any atom is -1.00 e. The predicted octanol–water partition coefficient (Wildman–Crippen LogP) is -5.47. The highest BCUT2D eigenvalue weighted by Crippen LogP contribution is 1.43. The topological polar surface area (TPSA) is 109 Å². The molecular formula is CH3ClN5O2-. The Morgan fingerprint density at radius 2 is 2.22 bits per heavy atom. The van der Waals surface area contributed by atoms with Crippen LogP contribution in [0.15, 0.2) is 6.33 Å². The zero-order valence-corrected chi connectivity index (χ0v) is 4.87. The second-order valence-corrected chi connectivity index (χ2v) is 0.643. The first-order valence-corrected chi connectivity index (χ1v) is 1.57. The highest BCUT2D eigenvalue weighted by Gasteiger charge is 1.58. The molecule has 8 heteroatoms. The zero-order chi connectivity index (χ0) is 6.24. The lowest BCUT2D eigenvalue weighted by Crippen LogP contribution is -3.00. The van der Waals surface area contributed by atoms with Crippen molar-refractivity contribution in [2.75, 3.05) is 0 Å². The predicted molar refractivity (Wildman–Crippen MR) is 21.9 cm³/mol. The number of halogens is 1. The number of aromatic amines is 1. The van der Waals surface area contributed by atoms with Gasteiger partial charge in [-0.05, 0) is 0 Å². The molecule has 0 aliphatic heterocycles. The molecule has 1 heterocycles.